The first kappa shape index (κ1) is 35.7. The Hall–Kier alpha value is -4.55. The van der Waals surface area contributed by atoms with Crippen LogP contribution in [-0.4, -0.2) is 46.6 Å². The number of amides is 1. The molecule has 0 bridgehead atoms. The third kappa shape index (κ3) is 7.70. The molecular weight excluding hydrogens is 681 g/mol. The molecule has 49 heavy (non-hydrogen) atoms. The Morgan fingerprint density at radius 3 is 2.29 bits per heavy atom. The topological polar surface area (TPSA) is 102 Å². The van der Waals surface area contributed by atoms with Gasteiger partial charge in [0.25, 0.3) is 10.0 Å². The van der Waals surface area contributed by atoms with Gasteiger partial charge in [-0.25, -0.2) is 8.42 Å². The van der Waals surface area contributed by atoms with Crippen molar-refractivity contribution in [2.75, 3.05) is 24.6 Å². The van der Waals surface area contributed by atoms with Crippen molar-refractivity contribution >= 4 is 39.2 Å². The second kappa shape index (κ2) is 14.5. The van der Waals surface area contributed by atoms with Gasteiger partial charge in [-0.1, -0.05) is 67.9 Å². The Morgan fingerprint density at radius 1 is 0.980 bits per heavy atom. The van der Waals surface area contributed by atoms with E-state index in [1.165, 1.54) is 31.4 Å². The van der Waals surface area contributed by atoms with Crippen molar-refractivity contribution in [2.24, 2.45) is 5.92 Å². The molecule has 0 radical (unpaired) electrons. The first-order valence-electron chi connectivity index (χ1n) is 15.4. The van der Waals surface area contributed by atoms with E-state index in [9.17, 15) is 31.2 Å². The van der Waals surface area contributed by atoms with Crippen molar-refractivity contribution in [3.8, 4) is 16.9 Å². The van der Waals surface area contributed by atoms with Gasteiger partial charge in [0.2, 0.25) is 5.91 Å². The number of ether oxygens (including phenoxy) is 2. The molecule has 1 N–H and O–H groups in total. The van der Waals surface area contributed by atoms with Crippen LogP contribution < -0.4 is 14.4 Å². The summed E-state index contributed by atoms with van der Waals surface area (Å²) in [6.45, 7) is 4.05. The lowest BCUT2D eigenvalue weighted by molar-refractivity contribution is -0.143. The minimum Gasteiger partial charge on any atom is -0.492 e. The molecule has 8 nitrogen and oxygen atoms in total. The summed E-state index contributed by atoms with van der Waals surface area (Å²) in [6, 6.07) is 21.0. The first-order valence-corrected chi connectivity index (χ1v) is 17.2. The maximum absolute atomic E-state index is 14.0. The van der Waals surface area contributed by atoms with Gasteiger partial charge in [0.05, 0.1) is 35.7 Å². The summed E-state index contributed by atoms with van der Waals surface area (Å²) in [6.07, 6.45) is -4.44. The molecule has 0 aliphatic carbocycles. The number of hydrogen-bond acceptors (Lipinski definition) is 6. The van der Waals surface area contributed by atoms with Crippen LogP contribution in [0.15, 0.2) is 95.9 Å². The lowest BCUT2D eigenvalue weighted by atomic mass is 9.88. The summed E-state index contributed by atoms with van der Waals surface area (Å²) < 4.78 is 79.8. The van der Waals surface area contributed by atoms with Gasteiger partial charge >= 0.3 is 12.1 Å². The molecule has 2 atom stereocenters. The summed E-state index contributed by atoms with van der Waals surface area (Å²) in [5, 5.41) is 2.84. The number of esters is 1. The van der Waals surface area contributed by atoms with E-state index in [-0.39, 0.29) is 46.9 Å². The molecule has 5 rings (SSSR count). The zero-order valence-corrected chi connectivity index (χ0v) is 28.4. The summed E-state index contributed by atoms with van der Waals surface area (Å²) in [7, 11) is -2.94. The first-order chi connectivity index (χ1) is 23.2. The second-order valence-corrected chi connectivity index (χ2v) is 14.0. The number of sulfonamides is 1. The molecule has 1 unspecified atom stereocenters. The molecule has 0 aromatic heterocycles. The number of carbonyl (C=O) groups excluding carboxylic acids is 2. The Labute approximate surface area is 287 Å². The Balaban J connectivity index is 1.28. The van der Waals surface area contributed by atoms with Gasteiger partial charge in [0.1, 0.15) is 18.4 Å². The lowest BCUT2D eigenvalue weighted by Crippen LogP contribution is -2.48. The van der Waals surface area contributed by atoms with E-state index >= 15 is 0 Å². The number of hydrogen-bond donors (Lipinski definition) is 1. The Kier molecular flexibility index (Phi) is 10.6. The summed E-state index contributed by atoms with van der Waals surface area (Å²) >= 11 is 6.19. The number of nitrogens with one attached hydrogen (secondary N) is 1. The number of carbonyl (C=O) groups is 2. The highest BCUT2D eigenvalue weighted by Gasteiger charge is 2.42. The molecule has 1 aliphatic heterocycles. The highest BCUT2D eigenvalue weighted by molar-refractivity contribution is 7.93. The van der Waals surface area contributed by atoms with Crippen LogP contribution in [0.5, 0.6) is 5.75 Å². The Bertz CT molecular complexity index is 1930. The number of halogens is 4. The van der Waals surface area contributed by atoms with Crippen LogP contribution in [0.1, 0.15) is 36.5 Å². The quantitative estimate of drug-likeness (QED) is 0.130. The molecule has 4 aromatic rings. The lowest BCUT2D eigenvalue weighted by Gasteiger charge is -2.26. The highest BCUT2D eigenvalue weighted by atomic mass is 35.5. The third-order valence-electron chi connectivity index (χ3n) is 8.27. The van der Waals surface area contributed by atoms with Gasteiger partial charge in [-0.15, -0.1) is 0 Å². The molecule has 0 saturated heterocycles. The maximum Gasteiger partial charge on any atom is 0.416 e. The molecular formula is C36H34ClF3N2O6S. The van der Waals surface area contributed by atoms with Crippen molar-refractivity contribution < 1.29 is 40.7 Å². The fourth-order valence-electron chi connectivity index (χ4n) is 5.85. The van der Waals surface area contributed by atoms with E-state index in [0.717, 1.165) is 28.1 Å². The van der Waals surface area contributed by atoms with E-state index < -0.39 is 39.6 Å². The van der Waals surface area contributed by atoms with Crippen LogP contribution in [0.2, 0.25) is 5.02 Å². The number of rotatable bonds is 11. The van der Waals surface area contributed by atoms with E-state index in [2.05, 4.69) is 5.32 Å². The molecule has 0 spiro atoms. The largest absolute Gasteiger partial charge is 0.492 e. The second-order valence-electron chi connectivity index (χ2n) is 11.8. The molecule has 0 saturated carbocycles. The summed E-state index contributed by atoms with van der Waals surface area (Å²) in [4.78, 5) is 25.5. The zero-order valence-electron chi connectivity index (χ0n) is 26.8. The van der Waals surface area contributed by atoms with Crippen LogP contribution in [0.3, 0.4) is 0 Å². The van der Waals surface area contributed by atoms with Crippen molar-refractivity contribution in [1.29, 1.82) is 0 Å². The van der Waals surface area contributed by atoms with Crippen LogP contribution in [0.25, 0.3) is 11.1 Å². The monoisotopic (exact) mass is 714 g/mol. The van der Waals surface area contributed by atoms with Crippen molar-refractivity contribution in [2.45, 2.75) is 43.3 Å². The highest BCUT2D eigenvalue weighted by Crippen LogP contribution is 2.39. The molecule has 0 fully saturated rings. The minimum absolute atomic E-state index is 0.0301. The average molecular weight is 715 g/mol. The number of anilines is 1. The molecule has 13 heteroatoms. The standard InChI is InChI=1S/C36H34ClF3N2O6S/c1-22(2)33(35(44)47-3)24-8-13-27(14-9-24)48-19-18-41-34(43)32-20-25-6-4-5-7-31(25)42(32)49(45,46)28-15-10-23(11-16-28)29-21-26(36(38,39)40)12-17-30(29)37/h4-17,21-22,32-33H,18-20H2,1-3H3,(H,41,43)/t32-,33?/m0/s1. The molecule has 258 valence electrons. The van der Waals surface area contributed by atoms with Gasteiger partial charge < -0.3 is 14.8 Å². The molecule has 4 aromatic carbocycles. The van der Waals surface area contributed by atoms with E-state index in [0.29, 0.717) is 22.6 Å². The SMILES string of the molecule is COC(=O)C(c1ccc(OCCNC(=O)[C@@H]2Cc3ccccc3N2S(=O)(=O)c2ccc(-c3cc(C(F)(F)F)ccc3Cl)cc2)cc1)C(C)C. The summed E-state index contributed by atoms with van der Waals surface area (Å²) in [5.41, 5.74) is 1.33. The normalized spacial score (nSPS) is 15.1. The average Bonchev–Trinajstić information content (AvgIpc) is 3.48. The van der Waals surface area contributed by atoms with Crippen LogP contribution in [0, 0.1) is 5.92 Å². The molecule has 1 amide bonds. The van der Waals surface area contributed by atoms with E-state index in [4.69, 9.17) is 21.1 Å². The van der Waals surface area contributed by atoms with Crippen molar-refractivity contribution in [3.05, 3.63) is 113 Å². The van der Waals surface area contributed by atoms with Crippen LogP contribution >= 0.6 is 11.6 Å². The van der Waals surface area contributed by atoms with Crippen molar-refractivity contribution in [1.82, 2.24) is 5.32 Å². The third-order valence-corrected chi connectivity index (χ3v) is 10.4. The van der Waals surface area contributed by atoms with Gasteiger partial charge in [-0.3, -0.25) is 13.9 Å². The Morgan fingerprint density at radius 2 is 1.65 bits per heavy atom. The van der Waals surface area contributed by atoms with Gasteiger partial charge in [0, 0.05) is 17.0 Å². The number of methoxy groups -OCH3 is 1. The van der Waals surface area contributed by atoms with Gasteiger partial charge in [0.15, 0.2) is 0 Å². The summed E-state index contributed by atoms with van der Waals surface area (Å²) in [5.74, 6) is -0.711. The fourth-order valence-corrected chi connectivity index (χ4v) is 7.73. The number of para-hydroxylation sites is 1. The maximum atomic E-state index is 14.0. The van der Waals surface area contributed by atoms with Crippen LogP contribution in [-0.2, 0) is 36.9 Å². The predicted molar refractivity (Wildman–Crippen MR) is 180 cm³/mol. The number of fused-ring (bicyclic) bond motifs is 1. The number of nitrogens with zero attached hydrogens (tertiary/aromatic N) is 1. The molecule has 1 aliphatic rings. The van der Waals surface area contributed by atoms with Gasteiger partial charge in [-0.05, 0) is 71.1 Å². The molecule has 1 heterocycles. The van der Waals surface area contributed by atoms with Crippen molar-refractivity contribution in [3.63, 3.8) is 0 Å². The van der Waals surface area contributed by atoms with Gasteiger partial charge in [-0.2, -0.15) is 13.2 Å². The van der Waals surface area contributed by atoms with E-state index in [1.807, 2.05) is 13.8 Å². The number of benzene rings is 4. The minimum atomic E-state index is -4.58. The smallest absolute Gasteiger partial charge is 0.416 e. The zero-order chi connectivity index (χ0) is 35.5. The van der Waals surface area contributed by atoms with E-state index in [1.54, 1.807) is 48.5 Å². The fraction of sp³-hybridized carbons (Fsp3) is 0.278. The van der Waals surface area contributed by atoms with Crippen LogP contribution in [0.4, 0.5) is 18.9 Å². The number of alkyl halides is 3. The predicted octanol–water partition coefficient (Wildman–Crippen LogP) is 7.25.